The Morgan fingerprint density at radius 1 is 1.11 bits per heavy atom. The predicted molar refractivity (Wildman–Crippen MR) is 137 cm³/mol. The third kappa shape index (κ3) is 5.91. The zero-order chi connectivity index (χ0) is 25.7. The number of carbonyl (C=O) groups excluding carboxylic acids is 2. The lowest BCUT2D eigenvalue weighted by atomic mass is 10.1. The van der Waals surface area contributed by atoms with Crippen molar-refractivity contribution >= 4 is 67.2 Å². The Hall–Kier alpha value is -3.18. The second-order valence-electron chi connectivity index (χ2n) is 7.16. The summed E-state index contributed by atoms with van der Waals surface area (Å²) < 4.78 is 17.3. The molecule has 0 aliphatic carbocycles. The summed E-state index contributed by atoms with van der Waals surface area (Å²) in [5.74, 6) is -1.35. The highest BCUT2D eigenvalue weighted by Gasteiger charge is 2.30. The summed E-state index contributed by atoms with van der Waals surface area (Å²) in [7, 11) is 0. The van der Waals surface area contributed by atoms with Crippen LogP contribution >= 0.6 is 31.9 Å². The van der Waals surface area contributed by atoms with Gasteiger partial charge in [-0.25, -0.2) is 9.59 Å². The molecular weight excluding hydrogens is 588 g/mol. The maximum absolute atomic E-state index is 13.2. The first-order valence-corrected chi connectivity index (χ1v) is 12.1. The van der Waals surface area contributed by atoms with E-state index in [1.54, 1.807) is 38.1 Å². The van der Waals surface area contributed by atoms with Gasteiger partial charge in [0.2, 0.25) is 0 Å². The maximum Gasteiger partial charge on any atom is 0.344 e. The molecule has 0 radical (unpaired) electrons. The van der Waals surface area contributed by atoms with Crippen LogP contribution in [-0.4, -0.2) is 48.5 Å². The van der Waals surface area contributed by atoms with Crippen LogP contribution in [0.1, 0.15) is 36.7 Å². The molecule has 3 rings (SSSR count). The van der Waals surface area contributed by atoms with Crippen molar-refractivity contribution in [3.63, 3.8) is 0 Å². The summed E-state index contributed by atoms with van der Waals surface area (Å²) >= 11 is 6.99. The van der Waals surface area contributed by atoms with E-state index in [9.17, 15) is 19.5 Å². The highest BCUT2D eigenvalue weighted by atomic mass is 79.9. The number of ether oxygens (including phenoxy) is 3. The van der Waals surface area contributed by atoms with Crippen molar-refractivity contribution in [1.29, 1.82) is 0 Å². The highest BCUT2D eigenvalue weighted by molar-refractivity contribution is 9.13. The Bertz CT molecular complexity index is 1240. The normalized spacial score (nSPS) is 14.2. The molecule has 0 atom stereocenters. The number of rotatable bonds is 9. The standard InChI is InChI=1S/C24H22Br2N2O7/c1-4-33-18-11-15(20(25)21(26)22(18)35-12-19(29)34-5-2)10-17-13(3)27-28(23(17)30)16-8-6-7-14(9-16)24(31)32/h6-11H,4-5,12H2,1-3H3,(H,31,32)/b17-10+. The smallest absolute Gasteiger partial charge is 0.344 e. The molecule has 1 aliphatic heterocycles. The van der Waals surface area contributed by atoms with E-state index in [1.807, 2.05) is 6.92 Å². The van der Waals surface area contributed by atoms with Crippen LogP contribution in [0.3, 0.4) is 0 Å². The topological polar surface area (TPSA) is 115 Å². The van der Waals surface area contributed by atoms with Crippen molar-refractivity contribution < 1.29 is 33.7 Å². The summed E-state index contributed by atoms with van der Waals surface area (Å²) in [6, 6.07) is 7.67. The van der Waals surface area contributed by atoms with E-state index in [2.05, 4.69) is 37.0 Å². The number of hydrogen-bond acceptors (Lipinski definition) is 7. The molecule has 0 bridgehead atoms. The Morgan fingerprint density at radius 2 is 1.86 bits per heavy atom. The van der Waals surface area contributed by atoms with Crippen molar-refractivity contribution in [1.82, 2.24) is 0 Å². The number of hydrazone groups is 1. The molecule has 0 fully saturated rings. The fourth-order valence-corrected chi connectivity index (χ4v) is 4.17. The molecule has 1 amide bonds. The molecular formula is C24H22Br2N2O7. The molecule has 11 heteroatoms. The van der Waals surface area contributed by atoms with Crippen LogP contribution in [0.5, 0.6) is 11.5 Å². The van der Waals surface area contributed by atoms with Gasteiger partial charge in [-0.15, -0.1) is 0 Å². The molecule has 35 heavy (non-hydrogen) atoms. The van der Waals surface area contributed by atoms with E-state index < -0.39 is 17.8 Å². The summed E-state index contributed by atoms with van der Waals surface area (Å²) in [5.41, 5.74) is 1.77. The van der Waals surface area contributed by atoms with Crippen molar-refractivity contribution in [3.8, 4) is 11.5 Å². The largest absolute Gasteiger partial charge is 0.490 e. The molecule has 0 spiro atoms. The van der Waals surface area contributed by atoms with E-state index in [0.29, 0.717) is 49.6 Å². The lowest BCUT2D eigenvalue weighted by Crippen LogP contribution is -2.21. The Kier molecular flexibility index (Phi) is 8.68. The molecule has 0 aromatic heterocycles. The fourth-order valence-electron chi connectivity index (χ4n) is 3.23. The molecule has 0 saturated heterocycles. The zero-order valence-electron chi connectivity index (χ0n) is 19.1. The van der Waals surface area contributed by atoms with Gasteiger partial charge in [0, 0.05) is 4.47 Å². The zero-order valence-corrected chi connectivity index (χ0v) is 22.3. The summed E-state index contributed by atoms with van der Waals surface area (Å²) in [4.78, 5) is 36.2. The van der Waals surface area contributed by atoms with Crippen molar-refractivity contribution in [2.24, 2.45) is 5.10 Å². The number of carboxylic acid groups (broad SMARTS) is 1. The highest BCUT2D eigenvalue weighted by Crippen LogP contribution is 2.44. The van der Waals surface area contributed by atoms with Crippen molar-refractivity contribution in [3.05, 3.63) is 56.0 Å². The van der Waals surface area contributed by atoms with E-state index in [4.69, 9.17) is 14.2 Å². The predicted octanol–water partition coefficient (Wildman–Crippen LogP) is 5.06. The number of carbonyl (C=O) groups is 3. The van der Waals surface area contributed by atoms with Crippen molar-refractivity contribution in [2.75, 3.05) is 24.8 Å². The van der Waals surface area contributed by atoms with Crippen LogP contribution in [0.25, 0.3) is 6.08 Å². The van der Waals surface area contributed by atoms with Crippen LogP contribution in [0, 0.1) is 0 Å². The molecule has 0 saturated carbocycles. The third-order valence-corrected chi connectivity index (χ3v) is 6.94. The second-order valence-corrected chi connectivity index (χ2v) is 8.75. The monoisotopic (exact) mass is 608 g/mol. The minimum absolute atomic E-state index is 0.0482. The van der Waals surface area contributed by atoms with Gasteiger partial charge in [-0.1, -0.05) is 6.07 Å². The average molecular weight is 610 g/mol. The van der Waals surface area contributed by atoms with Gasteiger partial charge in [0.25, 0.3) is 5.91 Å². The fraction of sp³-hybridized carbons (Fsp3) is 0.250. The first-order chi connectivity index (χ1) is 16.7. The quantitative estimate of drug-likeness (QED) is 0.312. The van der Waals surface area contributed by atoms with Crippen LogP contribution < -0.4 is 14.5 Å². The summed E-state index contributed by atoms with van der Waals surface area (Å²) in [6.45, 7) is 5.49. The minimum atomic E-state index is -1.10. The van der Waals surface area contributed by atoms with Crippen LogP contribution in [0.15, 0.2) is 50.0 Å². The second kappa shape index (κ2) is 11.5. The molecule has 1 heterocycles. The number of anilines is 1. The SMILES string of the molecule is CCOC(=O)COc1c(OCC)cc(/C=C2/C(=O)N(c3cccc(C(=O)O)c3)N=C2C)c(Br)c1Br. The molecule has 2 aromatic rings. The van der Waals surface area contributed by atoms with Gasteiger partial charge in [-0.05, 0) is 88.5 Å². The Balaban J connectivity index is 1.97. The number of benzene rings is 2. The summed E-state index contributed by atoms with van der Waals surface area (Å²) in [5, 5.41) is 14.7. The first-order valence-electron chi connectivity index (χ1n) is 10.6. The molecule has 184 valence electrons. The average Bonchev–Trinajstić information content (AvgIpc) is 3.10. The van der Waals surface area contributed by atoms with Crippen LogP contribution in [-0.2, 0) is 14.3 Å². The van der Waals surface area contributed by atoms with Gasteiger partial charge in [0.15, 0.2) is 18.1 Å². The number of carboxylic acids is 1. The Morgan fingerprint density at radius 3 is 2.51 bits per heavy atom. The molecule has 1 aliphatic rings. The van der Waals surface area contributed by atoms with E-state index in [1.165, 1.54) is 12.1 Å². The number of aromatic carboxylic acids is 1. The van der Waals surface area contributed by atoms with Gasteiger partial charge in [0.05, 0.1) is 40.2 Å². The number of esters is 1. The summed E-state index contributed by atoms with van der Waals surface area (Å²) in [6.07, 6.45) is 1.65. The molecule has 1 N–H and O–H groups in total. The van der Waals surface area contributed by atoms with Gasteiger partial charge in [0.1, 0.15) is 0 Å². The van der Waals surface area contributed by atoms with Gasteiger partial charge in [-0.3, -0.25) is 4.79 Å². The number of amides is 1. The first kappa shape index (κ1) is 26.4. The third-order valence-electron chi connectivity index (χ3n) is 4.80. The lowest BCUT2D eigenvalue weighted by molar-refractivity contribution is -0.145. The molecule has 2 aromatic carbocycles. The van der Waals surface area contributed by atoms with Crippen molar-refractivity contribution in [2.45, 2.75) is 20.8 Å². The van der Waals surface area contributed by atoms with Crippen LogP contribution in [0.2, 0.25) is 0 Å². The minimum Gasteiger partial charge on any atom is -0.490 e. The van der Waals surface area contributed by atoms with E-state index in [0.717, 1.165) is 5.01 Å². The van der Waals surface area contributed by atoms with Crippen LogP contribution in [0.4, 0.5) is 5.69 Å². The van der Waals surface area contributed by atoms with E-state index >= 15 is 0 Å². The number of hydrogen-bond donors (Lipinski definition) is 1. The molecule has 0 unspecified atom stereocenters. The van der Waals surface area contributed by atoms with Gasteiger partial charge < -0.3 is 19.3 Å². The Labute approximate surface area is 218 Å². The molecule has 9 nitrogen and oxygen atoms in total. The van der Waals surface area contributed by atoms with Gasteiger partial charge in [-0.2, -0.15) is 10.1 Å². The van der Waals surface area contributed by atoms with Gasteiger partial charge >= 0.3 is 11.9 Å². The van der Waals surface area contributed by atoms with E-state index in [-0.39, 0.29) is 18.8 Å². The lowest BCUT2D eigenvalue weighted by Gasteiger charge is -2.16. The number of halogens is 2. The maximum atomic E-state index is 13.2. The number of nitrogens with zero attached hydrogens (tertiary/aromatic N) is 2.